The van der Waals surface area contributed by atoms with Gasteiger partial charge in [-0.25, -0.2) is 0 Å². The molecule has 1 nitrogen and oxygen atoms in total. The van der Waals surface area contributed by atoms with Crippen LogP contribution in [-0.4, -0.2) is 19.4 Å². The van der Waals surface area contributed by atoms with E-state index in [-0.39, 0.29) is 0 Å². The highest BCUT2D eigenvalue weighted by molar-refractivity contribution is 6.84. The highest BCUT2D eigenvalue weighted by Gasteiger charge is 2.30. The van der Waals surface area contributed by atoms with Crippen molar-refractivity contribution in [3.05, 3.63) is 64.0 Å². The lowest BCUT2D eigenvalue weighted by Crippen LogP contribution is -2.32. The topological polar surface area (TPSA) is 3.01 Å². The van der Waals surface area contributed by atoms with Crippen molar-refractivity contribution in [3.8, 4) is 0 Å². The van der Waals surface area contributed by atoms with Crippen LogP contribution in [0.5, 0.6) is 0 Å². The lowest BCUT2D eigenvalue weighted by molar-refractivity contribution is -0.418. The molecule has 1 aromatic carbocycles. The first-order valence-electron chi connectivity index (χ1n) is 8.10. The fraction of sp³-hybridized carbons (Fsp3) is 0.400. The molecule has 0 aromatic heterocycles. The smallest absolute Gasteiger partial charge is 0.147 e. The second-order valence-electron chi connectivity index (χ2n) is 7.67. The van der Waals surface area contributed by atoms with Crippen molar-refractivity contribution in [2.45, 2.75) is 47.3 Å². The minimum atomic E-state index is -1.38. The molecule has 0 saturated carbocycles. The maximum atomic E-state index is 4.29. The van der Waals surface area contributed by atoms with Crippen molar-refractivity contribution >= 4 is 14.8 Å². The maximum Gasteiger partial charge on any atom is 0.147 e. The van der Waals surface area contributed by atoms with Gasteiger partial charge in [0, 0.05) is 0 Å². The summed E-state index contributed by atoms with van der Waals surface area (Å²) in [6.07, 6.45) is 4.66. The predicted molar refractivity (Wildman–Crippen MR) is 100.0 cm³/mol. The molecule has 0 N–H and O–H groups in total. The first kappa shape index (κ1) is 16.8. The maximum absolute atomic E-state index is 4.29. The standard InChI is InChI=1S/C20H29NSi/c1-14(2)17-12-18(20-15(3)10-9-11-16(20)4)21(5)13-19(17)22(6,7)8/h9-14H,5H2,1-4,6-8H3. The zero-order valence-electron chi connectivity index (χ0n) is 15.1. The third-order valence-corrected chi connectivity index (χ3v) is 6.40. The number of aryl methyl sites for hydroxylation is 2. The minimum Gasteiger partial charge on any atom is -0.255 e. The molecule has 1 aliphatic heterocycles. The fourth-order valence-corrected chi connectivity index (χ4v) is 4.92. The van der Waals surface area contributed by atoms with E-state index < -0.39 is 8.07 Å². The van der Waals surface area contributed by atoms with Crippen LogP contribution in [0.1, 0.15) is 30.5 Å². The summed E-state index contributed by atoms with van der Waals surface area (Å²) < 4.78 is 2.08. The summed E-state index contributed by atoms with van der Waals surface area (Å²) in [5.74, 6) is 0.533. The summed E-state index contributed by atoms with van der Waals surface area (Å²) >= 11 is 0. The molecule has 0 amide bonds. The van der Waals surface area contributed by atoms with E-state index in [0.717, 1.165) is 0 Å². The van der Waals surface area contributed by atoms with E-state index in [0.29, 0.717) is 5.92 Å². The second kappa shape index (κ2) is 5.92. The number of rotatable bonds is 3. The molecule has 0 saturated heterocycles. The predicted octanol–water partition coefficient (Wildman–Crippen LogP) is 5.25. The van der Waals surface area contributed by atoms with E-state index in [1.807, 2.05) is 0 Å². The van der Waals surface area contributed by atoms with Gasteiger partial charge in [0.15, 0.2) is 0 Å². The number of hydrogen-bond donors (Lipinski definition) is 0. The van der Waals surface area contributed by atoms with Gasteiger partial charge in [0.2, 0.25) is 0 Å². The number of nitrogens with zero attached hydrogens (tertiary/aromatic N) is 1. The van der Waals surface area contributed by atoms with Crippen molar-refractivity contribution in [3.63, 3.8) is 0 Å². The average Bonchev–Trinajstić information content (AvgIpc) is 2.38. The Morgan fingerprint density at radius 1 is 1.09 bits per heavy atom. The van der Waals surface area contributed by atoms with Crippen molar-refractivity contribution < 1.29 is 4.58 Å². The lowest BCUT2D eigenvalue weighted by Gasteiger charge is -2.33. The van der Waals surface area contributed by atoms with Gasteiger partial charge in [-0.2, -0.15) is 0 Å². The van der Waals surface area contributed by atoms with E-state index in [4.69, 9.17) is 0 Å². The highest BCUT2D eigenvalue weighted by atomic mass is 28.3. The fourth-order valence-electron chi connectivity index (χ4n) is 3.15. The van der Waals surface area contributed by atoms with Gasteiger partial charge < -0.3 is 0 Å². The Balaban J connectivity index is 2.58. The number of hydrogen-bond acceptors (Lipinski definition) is 0. The highest BCUT2D eigenvalue weighted by Crippen LogP contribution is 2.37. The van der Waals surface area contributed by atoms with E-state index in [1.54, 1.807) is 0 Å². The Hall–Kier alpha value is -1.54. The van der Waals surface area contributed by atoms with E-state index >= 15 is 0 Å². The van der Waals surface area contributed by atoms with E-state index in [2.05, 4.69) is 89.1 Å². The largest absolute Gasteiger partial charge is 0.255 e. The van der Waals surface area contributed by atoms with Crippen LogP contribution in [0.25, 0.3) is 0 Å². The molecule has 0 aliphatic carbocycles. The Morgan fingerprint density at radius 2 is 1.64 bits per heavy atom. The number of benzene rings is 1. The molecular formula is C20H29NSi. The van der Waals surface area contributed by atoms with Crippen molar-refractivity contribution in [2.24, 2.45) is 5.92 Å². The summed E-state index contributed by atoms with van der Waals surface area (Å²) in [7, 11) is -1.38. The molecule has 0 fully saturated rings. The molecule has 2 rings (SSSR count). The molecule has 1 heterocycles. The third-order valence-electron chi connectivity index (χ3n) is 4.36. The average molecular weight is 312 g/mol. The Labute approximate surface area is 137 Å². The van der Waals surface area contributed by atoms with Crippen molar-refractivity contribution in [2.75, 3.05) is 0 Å². The van der Waals surface area contributed by atoms with E-state index in [9.17, 15) is 0 Å². The van der Waals surface area contributed by atoms with Crippen LogP contribution >= 0.6 is 0 Å². The van der Waals surface area contributed by atoms with Crippen molar-refractivity contribution in [1.29, 1.82) is 0 Å². The van der Waals surface area contributed by atoms with Crippen LogP contribution in [-0.2, 0) is 0 Å². The summed E-state index contributed by atoms with van der Waals surface area (Å²) in [5.41, 5.74) is 5.43. The Kier molecular flexibility index (Phi) is 4.53. The van der Waals surface area contributed by atoms with Crippen LogP contribution in [0, 0.1) is 25.8 Å². The molecule has 0 unspecified atom stereocenters. The van der Waals surface area contributed by atoms with Gasteiger partial charge in [0.25, 0.3) is 0 Å². The van der Waals surface area contributed by atoms with Crippen LogP contribution in [0.2, 0.25) is 19.6 Å². The first-order valence-corrected chi connectivity index (χ1v) is 11.6. The van der Waals surface area contributed by atoms with Crippen LogP contribution < -0.4 is 0 Å². The lowest BCUT2D eigenvalue weighted by atomic mass is 9.90. The molecular weight excluding hydrogens is 282 g/mol. The molecule has 118 valence electrons. The summed E-state index contributed by atoms with van der Waals surface area (Å²) in [5, 5.41) is 1.52. The molecule has 2 heteroatoms. The Bertz CT molecular complexity index is 637. The molecule has 0 atom stereocenters. The van der Waals surface area contributed by atoms with Gasteiger partial charge in [-0.15, -0.1) is 0 Å². The van der Waals surface area contributed by atoms with Crippen LogP contribution in [0.4, 0.5) is 0 Å². The molecule has 1 aliphatic rings. The zero-order valence-corrected chi connectivity index (χ0v) is 16.1. The SMILES string of the molecule is C=[N+]1C=C([Si](C)(C)C)C(C(C)C)=C[C-]1c1c(C)cccc1C. The summed E-state index contributed by atoms with van der Waals surface area (Å²) in [4.78, 5) is 0. The Morgan fingerprint density at radius 3 is 2.09 bits per heavy atom. The van der Waals surface area contributed by atoms with Crippen LogP contribution in [0.3, 0.4) is 0 Å². The molecule has 1 aromatic rings. The first-order chi connectivity index (χ1) is 10.1. The molecule has 22 heavy (non-hydrogen) atoms. The van der Waals surface area contributed by atoms with Crippen molar-refractivity contribution in [1.82, 2.24) is 0 Å². The summed E-state index contributed by atoms with van der Waals surface area (Å²) in [6, 6.07) is 7.72. The molecule has 0 bridgehead atoms. The monoisotopic (exact) mass is 311 g/mol. The van der Waals surface area contributed by atoms with Gasteiger partial charge >= 0.3 is 0 Å². The van der Waals surface area contributed by atoms with Gasteiger partial charge in [0.05, 0.1) is 14.8 Å². The summed E-state index contributed by atoms with van der Waals surface area (Å²) in [6.45, 7) is 20.5. The normalized spacial score (nSPS) is 16.0. The van der Waals surface area contributed by atoms with Gasteiger partial charge in [-0.05, 0) is 22.8 Å². The number of allylic oxidation sites excluding steroid dienone is 2. The molecule has 0 spiro atoms. The molecule has 0 radical (unpaired) electrons. The van der Waals surface area contributed by atoms with E-state index in [1.165, 1.54) is 33.5 Å². The van der Waals surface area contributed by atoms with Gasteiger partial charge in [0.1, 0.15) is 12.2 Å². The quantitative estimate of drug-likeness (QED) is 0.407. The minimum absolute atomic E-state index is 0.533. The van der Waals surface area contributed by atoms with Gasteiger partial charge in [-0.1, -0.05) is 82.2 Å². The third kappa shape index (κ3) is 3.12. The second-order valence-corrected chi connectivity index (χ2v) is 12.7. The van der Waals surface area contributed by atoms with Gasteiger partial charge in [-0.3, -0.25) is 4.58 Å². The zero-order chi connectivity index (χ0) is 16.7. The van der Waals surface area contributed by atoms with Crippen LogP contribution in [0.15, 0.2) is 41.2 Å².